The standard InChI is InChI=1S/C7H17N3O2S/c1-6(2)9-10(7(3)4)5-8-13(11)12/h7,13H,5H2,1-4H3,(H,8,11,12). The van der Waals surface area contributed by atoms with Crippen molar-refractivity contribution in [1.82, 2.24) is 9.73 Å². The normalized spacial score (nSPS) is 10.6. The Hall–Kier alpha value is -0.620. The minimum absolute atomic E-state index is 0.178. The minimum atomic E-state index is -2.54. The van der Waals surface area contributed by atoms with Gasteiger partial charge in [0, 0.05) is 11.8 Å². The van der Waals surface area contributed by atoms with E-state index in [-0.39, 0.29) is 12.7 Å². The van der Waals surface area contributed by atoms with Crippen molar-refractivity contribution >= 4 is 16.6 Å². The van der Waals surface area contributed by atoms with Crippen LogP contribution in [-0.2, 0) is 10.9 Å². The van der Waals surface area contributed by atoms with Gasteiger partial charge in [-0.05, 0) is 27.7 Å². The maximum Gasteiger partial charge on any atom is 0.202 e. The molecular formula is C7H17N3O2S. The van der Waals surface area contributed by atoms with Crippen LogP contribution < -0.4 is 4.72 Å². The molecule has 0 aromatic carbocycles. The van der Waals surface area contributed by atoms with Crippen molar-refractivity contribution in [3.8, 4) is 0 Å². The quantitative estimate of drug-likeness (QED) is 0.292. The molecule has 0 aliphatic carbocycles. The SMILES string of the molecule is CC(C)=NN(CN[SH](=O)=O)C(C)C. The van der Waals surface area contributed by atoms with Crippen molar-refractivity contribution in [2.24, 2.45) is 5.10 Å². The molecule has 0 spiro atoms. The molecule has 13 heavy (non-hydrogen) atoms. The van der Waals surface area contributed by atoms with Gasteiger partial charge in [-0.25, -0.2) is 8.42 Å². The smallest absolute Gasteiger partial charge is 0.202 e. The highest BCUT2D eigenvalue weighted by atomic mass is 32.2. The average molecular weight is 207 g/mol. The van der Waals surface area contributed by atoms with E-state index in [0.29, 0.717) is 0 Å². The first-order valence-electron chi connectivity index (χ1n) is 4.10. The van der Waals surface area contributed by atoms with E-state index < -0.39 is 10.9 Å². The van der Waals surface area contributed by atoms with E-state index in [1.165, 1.54) is 0 Å². The summed E-state index contributed by atoms with van der Waals surface area (Å²) in [6.45, 7) is 7.86. The molecule has 0 rings (SSSR count). The molecule has 0 radical (unpaired) electrons. The number of hydrogen-bond acceptors (Lipinski definition) is 4. The largest absolute Gasteiger partial charge is 0.280 e. The Balaban J connectivity index is 4.19. The van der Waals surface area contributed by atoms with Crippen molar-refractivity contribution in [2.45, 2.75) is 33.7 Å². The van der Waals surface area contributed by atoms with E-state index in [1.54, 1.807) is 5.01 Å². The van der Waals surface area contributed by atoms with Gasteiger partial charge < -0.3 is 0 Å². The second-order valence-corrected chi connectivity index (χ2v) is 3.98. The highest BCUT2D eigenvalue weighted by Crippen LogP contribution is 1.97. The van der Waals surface area contributed by atoms with Gasteiger partial charge in [-0.15, -0.1) is 0 Å². The summed E-state index contributed by atoms with van der Waals surface area (Å²) >= 11 is 0. The van der Waals surface area contributed by atoms with Gasteiger partial charge in [0.2, 0.25) is 10.9 Å². The summed E-state index contributed by atoms with van der Waals surface area (Å²) < 4.78 is 22.8. The number of hydrogen-bond donors (Lipinski definition) is 2. The Bertz CT molecular complexity index is 236. The Kier molecular flexibility index (Phi) is 5.65. The molecule has 0 unspecified atom stereocenters. The first-order chi connectivity index (χ1) is 5.93. The van der Waals surface area contributed by atoms with Crippen molar-refractivity contribution in [2.75, 3.05) is 6.67 Å². The third kappa shape index (κ3) is 6.53. The third-order valence-electron chi connectivity index (χ3n) is 1.29. The van der Waals surface area contributed by atoms with Crippen LogP contribution in [0.1, 0.15) is 27.7 Å². The first-order valence-corrected chi connectivity index (χ1v) is 5.27. The Labute approximate surface area is 80.9 Å². The zero-order chi connectivity index (χ0) is 10.4. The topological polar surface area (TPSA) is 61.8 Å². The molecule has 0 amide bonds. The van der Waals surface area contributed by atoms with Crippen molar-refractivity contribution < 1.29 is 8.42 Å². The van der Waals surface area contributed by atoms with E-state index in [4.69, 9.17) is 0 Å². The maximum absolute atomic E-state index is 10.3. The number of thiol groups is 1. The number of rotatable bonds is 5. The fourth-order valence-corrected chi connectivity index (χ4v) is 0.981. The molecule has 5 nitrogen and oxygen atoms in total. The van der Waals surface area contributed by atoms with Gasteiger partial charge in [-0.3, -0.25) is 5.01 Å². The van der Waals surface area contributed by atoms with Gasteiger partial charge in [0.05, 0.1) is 6.67 Å². The highest BCUT2D eigenvalue weighted by molar-refractivity contribution is 7.70. The molecule has 0 aromatic rings. The van der Waals surface area contributed by atoms with Crippen LogP contribution >= 0.6 is 0 Å². The molecule has 0 atom stereocenters. The number of nitrogens with one attached hydrogen (secondary N) is 1. The Morgan fingerprint density at radius 1 is 1.46 bits per heavy atom. The molecule has 0 saturated carbocycles. The fourth-order valence-electron chi connectivity index (χ4n) is 0.720. The first kappa shape index (κ1) is 12.4. The Morgan fingerprint density at radius 2 is 2.00 bits per heavy atom. The molecule has 1 N–H and O–H groups in total. The lowest BCUT2D eigenvalue weighted by Gasteiger charge is -2.22. The van der Waals surface area contributed by atoms with Crippen LogP contribution in [0.4, 0.5) is 0 Å². The molecule has 0 bridgehead atoms. The van der Waals surface area contributed by atoms with Crippen LogP contribution in [0, 0.1) is 0 Å². The summed E-state index contributed by atoms with van der Waals surface area (Å²) in [7, 11) is -2.54. The molecule has 0 fully saturated rings. The van der Waals surface area contributed by atoms with Crippen molar-refractivity contribution in [1.29, 1.82) is 0 Å². The van der Waals surface area contributed by atoms with Crippen LogP contribution in [0.25, 0.3) is 0 Å². The number of nitrogens with zero attached hydrogens (tertiary/aromatic N) is 2. The zero-order valence-corrected chi connectivity index (χ0v) is 9.34. The van der Waals surface area contributed by atoms with Crippen LogP contribution in [0.15, 0.2) is 5.10 Å². The molecule has 0 aliphatic rings. The van der Waals surface area contributed by atoms with Gasteiger partial charge in [-0.2, -0.15) is 9.82 Å². The summed E-state index contributed by atoms with van der Waals surface area (Å²) in [5.41, 5.74) is 0.900. The van der Waals surface area contributed by atoms with Crippen molar-refractivity contribution in [3.63, 3.8) is 0 Å². The molecule has 0 heterocycles. The summed E-state index contributed by atoms with van der Waals surface area (Å²) in [6, 6.07) is 0.178. The third-order valence-corrected chi connectivity index (χ3v) is 1.69. The lowest BCUT2D eigenvalue weighted by Crippen LogP contribution is -2.35. The lowest BCUT2D eigenvalue weighted by atomic mass is 10.4. The van der Waals surface area contributed by atoms with Crippen LogP contribution in [0.2, 0.25) is 0 Å². The van der Waals surface area contributed by atoms with Gasteiger partial charge >= 0.3 is 0 Å². The van der Waals surface area contributed by atoms with Gasteiger partial charge in [0.1, 0.15) is 0 Å². The van der Waals surface area contributed by atoms with E-state index in [1.807, 2.05) is 27.7 Å². The zero-order valence-electron chi connectivity index (χ0n) is 8.44. The molecule has 0 saturated heterocycles. The van der Waals surface area contributed by atoms with Crippen LogP contribution in [0.3, 0.4) is 0 Å². The fraction of sp³-hybridized carbons (Fsp3) is 0.857. The predicted octanol–water partition coefficient (Wildman–Crippen LogP) is 0.166. The van der Waals surface area contributed by atoms with E-state index in [2.05, 4.69) is 9.82 Å². The van der Waals surface area contributed by atoms with E-state index in [0.717, 1.165) is 5.71 Å². The Morgan fingerprint density at radius 3 is 2.31 bits per heavy atom. The molecular weight excluding hydrogens is 190 g/mol. The summed E-state index contributed by atoms with van der Waals surface area (Å²) in [5, 5.41) is 5.85. The van der Waals surface area contributed by atoms with Crippen LogP contribution in [0.5, 0.6) is 0 Å². The molecule has 78 valence electrons. The summed E-state index contributed by atoms with van der Waals surface area (Å²) in [5.74, 6) is 0. The second-order valence-electron chi connectivity index (χ2n) is 3.15. The highest BCUT2D eigenvalue weighted by Gasteiger charge is 2.05. The predicted molar refractivity (Wildman–Crippen MR) is 54.1 cm³/mol. The molecule has 6 heteroatoms. The maximum atomic E-state index is 10.3. The second kappa shape index (κ2) is 5.93. The monoisotopic (exact) mass is 207 g/mol. The van der Waals surface area contributed by atoms with Gasteiger partial charge in [-0.1, -0.05) is 0 Å². The average Bonchev–Trinajstić information content (AvgIpc) is 1.96. The van der Waals surface area contributed by atoms with E-state index in [9.17, 15) is 8.42 Å². The van der Waals surface area contributed by atoms with E-state index >= 15 is 0 Å². The van der Waals surface area contributed by atoms with Crippen molar-refractivity contribution in [3.05, 3.63) is 0 Å². The van der Waals surface area contributed by atoms with Gasteiger partial charge in [0.15, 0.2) is 0 Å². The molecule has 0 aromatic heterocycles. The summed E-state index contributed by atoms with van der Waals surface area (Å²) in [4.78, 5) is 0. The summed E-state index contributed by atoms with van der Waals surface area (Å²) in [6.07, 6.45) is 0. The molecule has 0 aliphatic heterocycles. The van der Waals surface area contributed by atoms with Gasteiger partial charge in [0.25, 0.3) is 0 Å². The number of hydrazone groups is 1. The minimum Gasteiger partial charge on any atom is -0.280 e. The van der Waals surface area contributed by atoms with Crippen LogP contribution in [-0.4, -0.2) is 31.8 Å². The lowest BCUT2D eigenvalue weighted by molar-refractivity contribution is 0.230.